The summed E-state index contributed by atoms with van der Waals surface area (Å²) >= 11 is 0. The van der Waals surface area contributed by atoms with Crippen LogP contribution in [-0.2, 0) is 0 Å². The highest BCUT2D eigenvalue weighted by Gasteiger charge is 2.13. The smallest absolute Gasteiger partial charge is 0.203 e. The van der Waals surface area contributed by atoms with Gasteiger partial charge in [0.1, 0.15) is 5.75 Å². The third-order valence-electron chi connectivity index (χ3n) is 2.90. The molecule has 0 spiro atoms. The standard InChI is InChI=1S/C15H24O4/c1-5-6-7-8-9-19-12-10-13(16-2)15(18-4)14(11-12)17-3/h10-11H,5-9H2,1-4H3. The molecule has 0 aromatic heterocycles. The van der Waals surface area contributed by atoms with Gasteiger partial charge in [-0.3, -0.25) is 0 Å². The lowest BCUT2D eigenvalue weighted by Crippen LogP contribution is -2.00. The quantitative estimate of drug-likeness (QED) is 0.640. The molecule has 108 valence electrons. The van der Waals surface area contributed by atoms with Crippen molar-refractivity contribution >= 4 is 0 Å². The van der Waals surface area contributed by atoms with Gasteiger partial charge in [-0.1, -0.05) is 26.2 Å². The number of methoxy groups -OCH3 is 3. The van der Waals surface area contributed by atoms with Crippen LogP contribution in [-0.4, -0.2) is 27.9 Å². The fourth-order valence-corrected chi connectivity index (χ4v) is 1.86. The van der Waals surface area contributed by atoms with E-state index in [0.29, 0.717) is 23.9 Å². The number of ether oxygens (including phenoxy) is 4. The molecule has 19 heavy (non-hydrogen) atoms. The molecule has 0 amide bonds. The number of hydrogen-bond donors (Lipinski definition) is 0. The van der Waals surface area contributed by atoms with Gasteiger partial charge < -0.3 is 18.9 Å². The SMILES string of the molecule is CCCCCCOc1cc(OC)c(OC)c(OC)c1. The minimum absolute atomic E-state index is 0.586. The van der Waals surface area contributed by atoms with Crippen LogP contribution in [0.25, 0.3) is 0 Å². The van der Waals surface area contributed by atoms with Crippen molar-refractivity contribution in [3.63, 3.8) is 0 Å². The number of unbranched alkanes of at least 4 members (excludes halogenated alkanes) is 3. The summed E-state index contributed by atoms with van der Waals surface area (Å²) in [6, 6.07) is 3.64. The van der Waals surface area contributed by atoms with Gasteiger partial charge in [-0.05, 0) is 6.42 Å². The third-order valence-corrected chi connectivity index (χ3v) is 2.90. The summed E-state index contributed by atoms with van der Waals surface area (Å²) in [6.45, 7) is 2.90. The van der Waals surface area contributed by atoms with Gasteiger partial charge in [0.2, 0.25) is 5.75 Å². The first kappa shape index (κ1) is 15.5. The molecule has 0 fully saturated rings. The Kier molecular flexibility index (Phi) is 6.93. The Hall–Kier alpha value is -1.58. The van der Waals surface area contributed by atoms with E-state index in [1.165, 1.54) is 19.3 Å². The molecule has 0 saturated carbocycles. The van der Waals surface area contributed by atoms with Crippen LogP contribution >= 0.6 is 0 Å². The van der Waals surface area contributed by atoms with Gasteiger partial charge in [-0.15, -0.1) is 0 Å². The molecule has 4 nitrogen and oxygen atoms in total. The monoisotopic (exact) mass is 268 g/mol. The first-order valence-corrected chi connectivity index (χ1v) is 6.69. The molecule has 1 rings (SSSR count). The van der Waals surface area contributed by atoms with Crippen molar-refractivity contribution in [2.24, 2.45) is 0 Å². The number of rotatable bonds is 9. The predicted octanol–water partition coefficient (Wildman–Crippen LogP) is 3.67. The lowest BCUT2D eigenvalue weighted by molar-refractivity contribution is 0.291. The molecule has 0 aliphatic carbocycles. The largest absolute Gasteiger partial charge is 0.493 e. The van der Waals surface area contributed by atoms with Crippen molar-refractivity contribution in [2.75, 3.05) is 27.9 Å². The number of benzene rings is 1. The van der Waals surface area contributed by atoms with Crippen molar-refractivity contribution in [3.8, 4) is 23.0 Å². The van der Waals surface area contributed by atoms with Crippen LogP contribution < -0.4 is 18.9 Å². The van der Waals surface area contributed by atoms with E-state index in [-0.39, 0.29) is 0 Å². The second-order valence-electron chi connectivity index (χ2n) is 4.27. The van der Waals surface area contributed by atoms with E-state index in [0.717, 1.165) is 12.2 Å². The van der Waals surface area contributed by atoms with Gasteiger partial charge in [0.15, 0.2) is 11.5 Å². The lowest BCUT2D eigenvalue weighted by atomic mass is 10.2. The summed E-state index contributed by atoms with van der Waals surface area (Å²) in [5.74, 6) is 2.56. The maximum Gasteiger partial charge on any atom is 0.203 e. The molecule has 0 N–H and O–H groups in total. The number of hydrogen-bond acceptors (Lipinski definition) is 4. The first-order valence-electron chi connectivity index (χ1n) is 6.69. The normalized spacial score (nSPS) is 10.1. The molecule has 0 unspecified atom stereocenters. The summed E-state index contributed by atoms with van der Waals surface area (Å²) < 4.78 is 21.5. The molecule has 0 aliphatic heterocycles. The lowest BCUT2D eigenvalue weighted by Gasteiger charge is -2.14. The summed E-state index contributed by atoms with van der Waals surface area (Å²) in [6.07, 6.45) is 4.73. The molecular formula is C15H24O4. The van der Waals surface area contributed by atoms with Crippen molar-refractivity contribution in [1.29, 1.82) is 0 Å². The summed E-state index contributed by atoms with van der Waals surface area (Å²) in [7, 11) is 4.79. The van der Waals surface area contributed by atoms with Crippen LogP contribution in [0, 0.1) is 0 Å². The predicted molar refractivity (Wildman–Crippen MR) is 75.7 cm³/mol. The maximum absolute atomic E-state index is 5.72. The Morgan fingerprint density at radius 1 is 0.842 bits per heavy atom. The zero-order chi connectivity index (χ0) is 14.1. The van der Waals surface area contributed by atoms with Crippen LogP contribution in [0.1, 0.15) is 32.6 Å². The molecule has 1 aromatic rings. The van der Waals surface area contributed by atoms with Gasteiger partial charge in [-0.2, -0.15) is 0 Å². The van der Waals surface area contributed by atoms with Crippen molar-refractivity contribution < 1.29 is 18.9 Å². The topological polar surface area (TPSA) is 36.9 Å². The van der Waals surface area contributed by atoms with E-state index in [2.05, 4.69) is 6.92 Å². The van der Waals surface area contributed by atoms with E-state index in [9.17, 15) is 0 Å². The fourth-order valence-electron chi connectivity index (χ4n) is 1.86. The van der Waals surface area contributed by atoms with E-state index in [1.54, 1.807) is 21.3 Å². The van der Waals surface area contributed by atoms with Crippen LogP contribution in [0.4, 0.5) is 0 Å². The second kappa shape index (κ2) is 8.51. The Labute approximate surface area is 115 Å². The summed E-state index contributed by atoms with van der Waals surface area (Å²) in [5.41, 5.74) is 0. The summed E-state index contributed by atoms with van der Waals surface area (Å²) in [4.78, 5) is 0. The van der Waals surface area contributed by atoms with Crippen molar-refractivity contribution in [3.05, 3.63) is 12.1 Å². The second-order valence-corrected chi connectivity index (χ2v) is 4.27. The molecule has 0 atom stereocenters. The Morgan fingerprint density at radius 2 is 1.47 bits per heavy atom. The molecule has 0 saturated heterocycles. The summed E-state index contributed by atoms with van der Waals surface area (Å²) in [5, 5.41) is 0. The molecule has 0 bridgehead atoms. The van der Waals surface area contributed by atoms with Crippen LogP contribution in [0.5, 0.6) is 23.0 Å². The highest BCUT2D eigenvalue weighted by atomic mass is 16.5. The molecule has 0 heterocycles. The van der Waals surface area contributed by atoms with Crippen molar-refractivity contribution in [2.45, 2.75) is 32.6 Å². The highest BCUT2D eigenvalue weighted by Crippen LogP contribution is 2.40. The zero-order valence-electron chi connectivity index (χ0n) is 12.3. The van der Waals surface area contributed by atoms with E-state index in [4.69, 9.17) is 18.9 Å². The Morgan fingerprint density at radius 3 is 1.95 bits per heavy atom. The van der Waals surface area contributed by atoms with E-state index in [1.807, 2.05) is 12.1 Å². The fraction of sp³-hybridized carbons (Fsp3) is 0.600. The molecular weight excluding hydrogens is 244 g/mol. The van der Waals surface area contributed by atoms with Crippen LogP contribution in [0.2, 0.25) is 0 Å². The average molecular weight is 268 g/mol. The van der Waals surface area contributed by atoms with Crippen LogP contribution in [0.15, 0.2) is 12.1 Å². The van der Waals surface area contributed by atoms with Gasteiger partial charge in [-0.25, -0.2) is 0 Å². The van der Waals surface area contributed by atoms with E-state index >= 15 is 0 Å². The third kappa shape index (κ3) is 4.54. The zero-order valence-corrected chi connectivity index (χ0v) is 12.3. The van der Waals surface area contributed by atoms with Gasteiger partial charge >= 0.3 is 0 Å². The van der Waals surface area contributed by atoms with Gasteiger partial charge in [0.05, 0.1) is 27.9 Å². The van der Waals surface area contributed by atoms with E-state index < -0.39 is 0 Å². The van der Waals surface area contributed by atoms with Gasteiger partial charge in [0, 0.05) is 12.1 Å². The minimum Gasteiger partial charge on any atom is -0.493 e. The van der Waals surface area contributed by atoms with Gasteiger partial charge in [0.25, 0.3) is 0 Å². The first-order chi connectivity index (χ1) is 9.26. The highest BCUT2D eigenvalue weighted by molar-refractivity contribution is 5.55. The maximum atomic E-state index is 5.72. The molecule has 4 heteroatoms. The molecule has 0 radical (unpaired) electrons. The van der Waals surface area contributed by atoms with Crippen LogP contribution in [0.3, 0.4) is 0 Å². The molecule has 1 aromatic carbocycles. The minimum atomic E-state index is 0.586. The Balaban J connectivity index is 2.68. The molecule has 0 aliphatic rings. The average Bonchev–Trinajstić information content (AvgIpc) is 2.45. The van der Waals surface area contributed by atoms with Crippen molar-refractivity contribution in [1.82, 2.24) is 0 Å². The Bertz CT molecular complexity index is 351.